The van der Waals surface area contributed by atoms with E-state index in [0.717, 1.165) is 78.7 Å². The van der Waals surface area contributed by atoms with Gasteiger partial charge < -0.3 is 29.7 Å². The summed E-state index contributed by atoms with van der Waals surface area (Å²) >= 11 is 0. The van der Waals surface area contributed by atoms with E-state index >= 15 is 0 Å². The van der Waals surface area contributed by atoms with Gasteiger partial charge in [-0.15, -0.1) is 0 Å². The Balaban J connectivity index is 1.01. The van der Waals surface area contributed by atoms with Crippen molar-refractivity contribution in [2.75, 3.05) is 71.3 Å². The average Bonchev–Trinajstić information content (AvgIpc) is 3.25. The van der Waals surface area contributed by atoms with Crippen LogP contribution in [0.4, 0.5) is 15.3 Å². The number of urea groups is 1. The first-order valence-electron chi connectivity index (χ1n) is 18.5. The van der Waals surface area contributed by atoms with Crippen LogP contribution in [0.15, 0.2) is 42.6 Å². The smallest absolute Gasteiger partial charge is 0.410 e. The Labute approximate surface area is 295 Å². The fourth-order valence-electron chi connectivity index (χ4n) is 8.40. The standard InChI is InChI=1S/C38H52N8O4/c1-27-23-28(24-30-26-42(3)40-35(27)30)25-34(36(47)44-16-10-31(11-17-44)43-15-6-14-41(2)21-22-43)50-38(49)45-18-12-32(13-19-45)46-20-9-29-7-4-5-8-33(29)39-37(46)48/h4-5,7-8,23-24,26,31-32,34H,6,9-22,25H2,1-3H3,(H,39,48)/t34-/m1/s1. The summed E-state index contributed by atoms with van der Waals surface area (Å²) in [6, 6.07) is 12.5. The van der Waals surface area contributed by atoms with Gasteiger partial charge in [0.15, 0.2) is 6.10 Å². The molecule has 4 amide bonds. The lowest BCUT2D eigenvalue weighted by Crippen LogP contribution is -2.52. The van der Waals surface area contributed by atoms with E-state index in [1.165, 1.54) is 6.42 Å². The van der Waals surface area contributed by atoms with E-state index in [-0.39, 0.29) is 18.0 Å². The van der Waals surface area contributed by atoms with Crippen molar-refractivity contribution in [3.63, 3.8) is 0 Å². The number of benzene rings is 2. The fraction of sp³-hybridized carbons (Fsp3) is 0.579. The van der Waals surface area contributed by atoms with Gasteiger partial charge in [-0.25, -0.2) is 9.59 Å². The number of amides is 4. The number of hydrogen-bond acceptors (Lipinski definition) is 7. The second-order valence-electron chi connectivity index (χ2n) is 14.7. The number of nitrogens with zero attached hydrogens (tertiary/aromatic N) is 7. The molecule has 7 rings (SSSR count). The maximum Gasteiger partial charge on any atom is 0.410 e. The van der Waals surface area contributed by atoms with Gasteiger partial charge in [0.1, 0.15) is 0 Å². The van der Waals surface area contributed by atoms with Crippen LogP contribution in [0.5, 0.6) is 0 Å². The fourth-order valence-corrected chi connectivity index (χ4v) is 8.40. The number of carbonyl (C=O) groups excluding carboxylic acids is 3. The molecule has 50 heavy (non-hydrogen) atoms. The zero-order chi connectivity index (χ0) is 34.8. The lowest BCUT2D eigenvalue weighted by molar-refractivity contribution is -0.142. The second-order valence-corrected chi connectivity index (χ2v) is 14.7. The number of fused-ring (bicyclic) bond motifs is 2. The average molecular weight is 685 g/mol. The lowest BCUT2D eigenvalue weighted by atomic mass is 9.99. The van der Waals surface area contributed by atoms with Crippen molar-refractivity contribution in [2.45, 2.75) is 70.1 Å². The van der Waals surface area contributed by atoms with Crippen LogP contribution in [-0.2, 0) is 29.4 Å². The van der Waals surface area contributed by atoms with Crippen LogP contribution in [-0.4, -0.2) is 136 Å². The molecule has 1 N–H and O–H groups in total. The molecule has 4 aliphatic rings. The number of piperidine rings is 2. The van der Waals surface area contributed by atoms with Crippen LogP contribution in [0.2, 0.25) is 0 Å². The number of likely N-dealkylation sites (N-methyl/N-ethyl adjacent to an activating group) is 1. The second kappa shape index (κ2) is 15.0. The molecular weight excluding hydrogens is 632 g/mol. The number of aromatic nitrogens is 2. The van der Waals surface area contributed by atoms with Gasteiger partial charge in [0.05, 0.1) is 5.52 Å². The van der Waals surface area contributed by atoms with Gasteiger partial charge in [0.2, 0.25) is 0 Å². The quantitative estimate of drug-likeness (QED) is 0.417. The number of hydrogen-bond donors (Lipinski definition) is 1. The lowest BCUT2D eigenvalue weighted by Gasteiger charge is -2.40. The summed E-state index contributed by atoms with van der Waals surface area (Å²) in [5.74, 6) is -0.118. The largest absolute Gasteiger partial charge is 0.436 e. The Kier molecular flexibility index (Phi) is 10.3. The first-order chi connectivity index (χ1) is 24.2. The predicted octanol–water partition coefficient (Wildman–Crippen LogP) is 4.11. The maximum atomic E-state index is 14.2. The summed E-state index contributed by atoms with van der Waals surface area (Å²) in [6.07, 6.45) is 6.04. The number of anilines is 1. The van der Waals surface area contributed by atoms with E-state index in [1.807, 2.05) is 48.2 Å². The Hall–Kier alpha value is -4.16. The van der Waals surface area contributed by atoms with E-state index < -0.39 is 12.2 Å². The molecular formula is C38H52N8O4. The van der Waals surface area contributed by atoms with Gasteiger partial charge in [-0.05, 0) is 94.4 Å². The minimum Gasteiger partial charge on any atom is -0.436 e. The molecule has 12 heteroatoms. The molecule has 0 spiro atoms. The summed E-state index contributed by atoms with van der Waals surface area (Å²) in [5, 5.41) is 8.66. The molecule has 1 atom stereocenters. The molecule has 0 saturated carbocycles. The van der Waals surface area contributed by atoms with E-state index in [4.69, 9.17) is 4.74 Å². The Morgan fingerprint density at radius 3 is 2.44 bits per heavy atom. The minimum absolute atomic E-state index is 0.0332. The first-order valence-corrected chi connectivity index (χ1v) is 18.5. The van der Waals surface area contributed by atoms with Gasteiger partial charge in [-0.2, -0.15) is 5.10 Å². The van der Waals surface area contributed by atoms with Crippen LogP contribution in [0, 0.1) is 6.92 Å². The van der Waals surface area contributed by atoms with Crippen LogP contribution < -0.4 is 5.32 Å². The van der Waals surface area contributed by atoms with Crippen LogP contribution in [0.1, 0.15) is 48.8 Å². The number of likely N-dealkylation sites (tertiary alicyclic amines) is 2. The monoisotopic (exact) mass is 684 g/mol. The maximum absolute atomic E-state index is 14.2. The van der Waals surface area contributed by atoms with Crippen molar-refractivity contribution in [2.24, 2.45) is 7.05 Å². The van der Waals surface area contributed by atoms with Gasteiger partial charge in [-0.1, -0.05) is 24.3 Å². The Bertz CT molecular complexity index is 1690. The molecule has 0 bridgehead atoms. The zero-order valence-corrected chi connectivity index (χ0v) is 29.9. The number of ether oxygens (including phenoxy) is 1. The van der Waals surface area contributed by atoms with Gasteiger partial charge in [0.25, 0.3) is 5.91 Å². The predicted molar refractivity (Wildman–Crippen MR) is 193 cm³/mol. The van der Waals surface area contributed by atoms with Crippen molar-refractivity contribution in [3.05, 3.63) is 59.3 Å². The Morgan fingerprint density at radius 1 is 0.900 bits per heavy atom. The van der Waals surface area contributed by atoms with E-state index in [9.17, 15) is 14.4 Å². The summed E-state index contributed by atoms with van der Waals surface area (Å²) in [6.45, 7) is 9.32. The Morgan fingerprint density at radius 2 is 1.64 bits per heavy atom. The highest BCUT2D eigenvalue weighted by atomic mass is 16.6. The highest BCUT2D eigenvalue weighted by molar-refractivity contribution is 5.91. The molecule has 3 fully saturated rings. The molecule has 2 aromatic carbocycles. The number of nitrogens with one attached hydrogen (secondary N) is 1. The molecule has 3 aromatic rings. The van der Waals surface area contributed by atoms with Crippen molar-refractivity contribution >= 4 is 34.6 Å². The van der Waals surface area contributed by atoms with Gasteiger partial charge in [0, 0.05) is 88.6 Å². The third-order valence-electron chi connectivity index (χ3n) is 11.3. The molecule has 1 aromatic heterocycles. The highest BCUT2D eigenvalue weighted by Crippen LogP contribution is 2.27. The molecule has 268 valence electrons. The van der Waals surface area contributed by atoms with Crippen LogP contribution in [0.25, 0.3) is 10.9 Å². The molecule has 0 unspecified atom stereocenters. The summed E-state index contributed by atoms with van der Waals surface area (Å²) in [5.41, 5.74) is 4.92. The van der Waals surface area contributed by atoms with E-state index in [2.05, 4.69) is 45.5 Å². The molecule has 0 aliphatic carbocycles. The SMILES string of the molecule is Cc1cc(C[C@@H](OC(=O)N2CCC(N3CCc4ccccc4NC3=O)CC2)C(=O)N2CCC(N3CCCN(C)CC3)CC2)cc2cn(C)nc12. The third-order valence-corrected chi connectivity index (χ3v) is 11.3. The van der Waals surface area contributed by atoms with Gasteiger partial charge in [-0.3, -0.25) is 14.4 Å². The van der Waals surface area contributed by atoms with Crippen LogP contribution in [0.3, 0.4) is 0 Å². The summed E-state index contributed by atoms with van der Waals surface area (Å²) < 4.78 is 7.97. The van der Waals surface area contributed by atoms with Crippen molar-refractivity contribution in [1.82, 2.24) is 34.3 Å². The summed E-state index contributed by atoms with van der Waals surface area (Å²) in [4.78, 5) is 51.6. The highest BCUT2D eigenvalue weighted by Gasteiger charge is 2.36. The first kappa shape index (κ1) is 34.3. The van der Waals surface area contributed by atoms with Crippen molar-refractivity contribution < 1.29 is 19.1 Å². The summed E-state index contributed by atoms with van der Waals surface area (Å²) in [7, 11) is 4.09. The zero-order valence-electron chi connectivity index (χ0n) is 29.9. The number of rotatable bonds is 6. The molecule has 5 heterocycles. The number of aryl methyl sites for hydroxylation is 2. The van der Waals surface area contributed by atoms with Crippen molar-refractivity contribution in [3.8, 4) is 0 Å². The molecule has 12 nitrogen and oxygen atoms in total. The number of carbonyl (C=O) groups is 3. The van der Waals surface area contributed by atoms with Gasteiger partial charge >= 0.3 is 12.1 Å². The normalized spacial score (nSPS) is 21.0. The van der Waals surface area contributed by atoms with E-state index in [0.29, 0.717) is 58.0 Å². The minimum atomic E-state index is -0.924. The third kappa shape index (κ3) is 7.61. The van der Waals surface area contributed by atoms with E-state index in [1.54, 1.807) is 9.58 Å². The number of para-hydroxylation sites is 1. The molecule has 0 radical (unpaired) electrons. The molecule has 3 saturated heterocycles. The molecule has 4 aliphatic heterocycles. The topological polar surface area (TPSA) is 106 Å². The van der Waals surface area contributed by atoms with Crippen LogP contribution >= 0.6 is 0 Å². The van der Waals surface area contributed by atoms with Crippen molar-refractivity contribution in [1.29, 1.82) is 0 Å².